The minimum absolute atomic E-state index is 0. The van der Waals surface area contributed by atoms with Crippen molar-refractivity contribution in [2.75, 3.05) is 20.1 Å². The van der Waals surface area contributed by atoms with Crippen LogP contribution in [0.1, 0.15) is 46.4 Å². The maximum absolute atomic E-state index is 12.8. The van der Waals surface area contributed by atoms with E-state index >= 15 is 0 Å². The summed E-state index contributed by atoms with van der Waals surface area (Å²) < 4.78 is 5.72. The van der Waals surface area contributed by atoms with E-state index in [-0.39, 0.29) is 42.1 Å². The number of guanidine groups is 1. The Bertz CT molecular complexity index is 859. The van der Waals surface area contributed by atoms with Crippen LogP contribution in [0, 0.1) is 0 Å². The Hall–Kier alpha value is -1.65. The Labute approximate surface area is 206 Å². The van der Waals surface area contributed by atoms with Gasteiger partial charge >= 0.3 is 0 Å². The molecule has 0 spiro atoms. The normalized spacial score (nSPS) is 19.0. The van der Waals surface area contributed by atoms with Crippen molar-refractivity contribution in [3.63, 3.8) is 0 Å². The van der Waals surface area contributed by atoms with E-state index in [1.54, 1.807) is 7.05 Å². The molecule has 2 atom stereocenters. The van der Waals surface area contributed by atoms with Gasteiger partial charge in [-0.15, -0.1) is 35.3 Å². The SMILES string of the molecule is CCc1ccc(CNC(=NC)NCc2ccc(C(=O)N3CC(C)OC(C)C3)cc2)s1.I. The maximum atomic E-state index is 12.8. The Morgan fingerprint density at radius 1 is 1.06 bits per heavy atom. The number of carbonyl (C=O) groups is 1. The summed E-state index contributed by atoms with van der Waals surface area (Å²) in [6.45, 7) is 8.86. The highest BCUT2D eigenvalue weighted by Crippen LogP contribution is 2.17. The third kappa shape index (κ3) is 7.47. The summed E-state index contributed by atoms with van der Waals surface area (Å²) in [5.74, 6) is 0.828. The summed E-state index contributed by atoms with van der Waals surface area (Å²) >= 11 is 1.83. The Balaban J connectivity index is 0.00000341. The summed E-state index contributed by atoms with van der Waals surface area (Å²) in [6, 6.07) is 12.1. The molecular formula is C23H33IN4O2S. The summed E-state index contributed by atoms with van der Waals surface area (Å²) in [6.07, 6.45) is 1.21. The van der Waals surface area contributed by atoms with Crippen molar-refractivity contribution in [1.29, 1.82) is 0 Å². The fraction of sp³-hybridized carbons (Fsp3) is 0.478. The van der Waals surface area contributed by atoms with Crippen molar-refractivity contribution < 1.29 is 9.53 Å². The molecule has 0 saturated carbocycles. The lowest BCUT2D eigenvalue weighted by atomic mass is 10.1. The number of rotatable bonds is 6. The van der Waals surface area contributed by atoms with Gasteiger partial charge in [-0.2, -0.15) is 0 Å². The number of morpholine rings is 1. The first-order valence-electron chi connectivity index (χ1n) is 10.5. The van der Waals surface area contributed by atoms with Crippen molar-refractivity contribution in [3.05, 3.63) is 57.3 Å². The molecule has 0 aliphatic carbocycles. The zero-order chi connectivity index (χ0) is 21.5. The topological polar surface area (TPSA) is 66.0 Å². The van der Waals surface area contributed by atoms with E-state index in [1.807, 2.05) is 54.3 Å². The molecule has 1 amide bonds. The summed E-state index contributed by atoms with van der Waals surface area (Å²) in [4.78, 5) is 21.6. The molecule has 3 rings (SSSR count). The summed E-state index contributed by atoms with van der Waals surface area (Å²) in [5.41, 5.74) is 1.81. The van der Waals surface area contributed by atoms with Crippen LogP contribution in [0.3, 0.4) is 0 Å². The quantitative estimate of drug-likeness (QED) is 0.320. The fourth-order valence-corrected chi connectivity index (χ4v) is 4.47. The van der Waals surface area contributed by atoms with E-state index in [2.05, 4.69) is 34.7 Å². The molecule has 0 bridgehead atoms. The molecule has 2 N–H and O–H groups in total. The van der Waals surface area contributed by atoms with E-state index in [0.29, 0.717) is 25.2 Å². The third-order valence-electron chi connectivity index (χ3n) is 5.09. The minimum Gasteiger partial charge on any atom is -0.372 e. The molecule has 2 heterocycles. The number of amides is 1. The van der Waals surface area contributed by atoms with E-state index in [0.717, 1.165) is 24.5 Å². The first-order valence-corrected chi connectivity index (χ1v) is 11.4. The summed E-state index contributed by atoms with van der Waals surface area (Å²) in [7, 11) is 1.77. The monoisotopic (exact) mass is 556 g/mol. The smallest absolute Gasteiger partial charge is 0.254 e. The molecule has 2 unspecified atom stereocenters. The highest BCUT2D eigenvalue weighted by atomic mass is 127. The lowest BCUT2D eigenvalue weighted by Gasteiger charge is -2.35. The van der Waals surface area contributed by atoms with Crippen LogP contribution in [0.2, 0.25) is 0 Å². The molecule has 1 aliphatic heterocycles. The van der Waals surface area contributed by atoms with Crippen molar-refractivity contribution in [1.82, 2.24) is 15.5 Å². The average Bonchev–Trinajstić information content (AvgIpc) is 3.21. The lowest BCUT2D eigenvalue weighted by Crippen LogP contribution is -2.48. The first kappa shape index (κ1) is 25.6. The van der Waals surface area contributed by atoms with Crippen LogP contribution in [0.25, 0.3) is 0 Å². The predicted molar refractivity (Wildman–Crippen MR) is 139 cm³/mol. The van der Waals surface area contributed by atoms with Crippen LogP contribution < -0.4 is 10.6 Å². The Kier molecular flexibility index (Phi) is 10.2. The van der Waals surface area contributed by atoms with E-state index < -0.39 is 0 Å². The summed E-state index contributed by atoms with van der Waals surface area (Å²) in [5, 5.41) is 6.68. The lowest BCUT2D eigenvalue weighted by molar-refractivity contribution is -0.0586. The van der Waals surface area contributed by atoms with E-state index in [1.165, 1.54) is 9.75 Å². The van der Waals surface area contributed by atoms with Crippen molar-refractivity contribution in [2.24, 2.45) is 4.99 Å². The van der Waals surface area contributed by atoms with Gasteiger partial charge in [-0.1, -0.05) is 19.1 Å². The van der Waals surface area contributed by atoms with Gasteiger partial charge in [0.05, 0.1) is 18.8 Å². The van der Waals surface area contributed by atoms with Gasteiger partial charge in [-0.3, -0.25) is 9.79 Å². The number of nitrogens with zero attached hydrogens (tertiary/aromatic N) is 2. The second-order valence-corrected chi connectivity index (χ2v) is 8.92. The van der Waals surface area contributed by atoms with Gasteiger partial charge < -0.3 is 20.3 Å². The number of ether oxygens (including phenoxy) is 1. The first-order chi connectivity index (χ1) is 14.5. The Morgan fingerprint density at radius 2 is 1.68 bits per heavy atom. The number of carbonyl (C=O) groups excluding carboxylic acids is 1. The predicted octanol–water partition coefficient (Wildman–Crippen LogP) is 4.04. The molecule has 1 aromatic carbocycles. The van der Waals surface area contributed by atoms with Crippen LogP contribution in [-0.2, 0) is 24.2 Å². The van der Waals surface area contributed by atoms with Gasteiger partial charge in [-0.05, 0) is 50.1 Å². The molecule has 1 aliphatic rings. The highest BCUT2D eigenvalue weighted by molar-refractivity contribution is 14.0. The van der Waals surface area contributed by atoms with Crippen LogP contribution in [0.4, 0.5) is 0 Å². The molecule has 6 nitrogen and oxygen atoms in total. The van der Waals surface area contributed by atoms with E-state index in [4.69, 9.17) is 4.74 Å². The number of hydrogen-bond donors (Lipinski definition) is 2. The molecule has 2 aromatic rings. The number of thiophene rings is 1. The number of nitrogens with one attached hydrogen (secondary N) is 2. The standard InChI is InChI=1S/C23H32N4O2S.HI/c1-5-20-10-11-21(30-20)13-26-23(24-4)25-12-18-6-8-19(9-7-18)22(28)27-14-16(2)29-17(3)15-27;/h6-11,16-17H,5,12-15H2,1-4H3,(H2,24,25,26);1H. The molecule has 8 heteroatoms. The second kappa shape index (κ2) is 12.4. The molecule has 0 radical (unpaired) electrons. The van der Waals surface area contributed by atoms with Crippen LogP contribution >= 0.6 is 35.3 Å². The van der Waals surface area contributed by atoms with Crippen molar-refractivity contribution in [2.45, 2.75) is 52.5 Å². The third-order valence-corrected chi connectivity index (χ3v) is 6.32. The number of aliphatic imine (C=N–C) groups is 1. The molecular weight excluding hydrogens is 523 g/mol. The van der Waals surface area contributed by atoms with Gasteiger partial charge in [-0.25, -0.2) is 0 Å². The van der Waals surface area contributed by atoms with Gasteiger partial charge in [0.2, 0.25) is 0 Å². The van der Waals surface area contributed by atoms with Gasteiger partial charge in [0, 0.05) is 42.0 Å². The molecule has 31 heavy (non-hydrogen) atoms. The minimum atomic E-state index is 0. The van der Waals surface area contributed by atoms with Gasteiger partial charge in [0.25, 0.3) is 5.91 Å². The molecule has 1 aromatic heterocycles. The Morgan fingerprint density at radius 3 is 2.26 bits per heavy atom. The number of halogens is 1. The number of hydrogen-bond acceptors (Lipinski definition) is 4. The van der Waals surface area contributed by atoms with Crippen LogP contribution in [0.5, 0.6) is 0 Å². The zero-order valence-corrected chi connectivity index (χ0v) is 21.8. The van der Waals surface area contributed by atoms with Gasteiger partial charge in [0.1, 0.15) is 0 Å². The van der Waals surface area contributed by atoms with E-state index in [9.17, 15) is 4.79 Å². The number of aryl methyl sites for hydroxylation is 1. The zero-order valence-electron chi connectivity index (χ0n) is 18.7. The van der Waals surface area contributed by atoms with Crippen LogP contribution in [0.15, 0.2) is 41.4 Å². The molecule has 170 valence electrons. The molecule has 1 fully saturated rings. The van der Waals surface area contributed by atoms with Crippen LogP contribution in [-0.4, -0.2) is 49.1 Å². The average molecular weight is 557 g/mol. The highest BCUT2D eigenvalue weighted by Gasteiger charge is 2.26. The second-order valence-electron chi connectivity index (χ2n) is 7.67. The maximum Gasteiger partial charge on any atom is 0.254 e. The van der Waals surface area contributed by atoms with Crippen molar-refractivity contribution >= 4 is 47.2 Å². The largest absolute Gasteiger partial charge is 0.372 e. The molecule has 1 saturated heterocycles. The van der Waals surface area contributed by atoms with Gasteiger partial charge in [0.15, 0.2) is 5.96 Å². The number of benzene rings is 1. The fourth-order valence-electron chi connectivity index (χ4n) is 3.58. The van der Waals surface area contributed by atoms with Crippen molar-refractivity contribution in [3.8, 4) is 0 Å².